The molecule has 0 saturated carbocycles. The predicted octanol–water partition coefficient (Wildman–Crippen LogP) is 1.11. The van der Waals surface area contributed by atoms with E-state index in [1.54, 1.807) is 0 Å². The van der Waals surface area contributed by atoms with Gasteiger partial charge in [0.2, 0.25) is 0 Å². The molecule has 0 spiro atoms. The second kappa shape index (κ2) is 6.33. The third kappa shape index (κ3) is 4.84. The molecule has 2 heterocycles. The molecule has 18 heavy (non-hydrogen) atoms. The van der Waals surface area contributed by atoms with Gasteiger partial charge in [0.15, 0.2) is 0 Å². The largest absolute Gasteiger partial charge is 0.376 e. The fourth-order valence-electron chi connectivity index (χ4n) is 2.63. The zero-order valence-corrected chi connectivity index (χ0v) is 12.1. The SMILES string of the molecule is CC(C)(C)NCC1CCN(CC2COCCO2)C1. The van der Waals surface area contributed by atoms with Crippen LogP contribution in [0.15, 0.2) is 0 Å². The Morgan fingerprint density at radius 2 is 2.11 bits per heavy atom. The maximum atomic E-state index is 5.71. The summed E-state index contributed by atoms with van der Waals surface area (Å²) in [7, 11) is 0. The standard InChI is InChI=1S/C14H28N2O2/c1-14(2,3)15-8-12-4-5-16(9-12)10-13-11-17-6-7-18-13/h12-13,15H,4-11H2,1-3H3. The summed E-state index contributed by atoms with van der Waals surface area (Å²) >= 11 is 0. The van der Waals surface area contributed by atoms with Crippen LogP contribution < -0.4 is 5.32 Å². The van der Waals surface area contributed by atoms with Crippen molar-refractivity contribution in [3.8, 4) is 0 Å². The Morgan fingerprint density at radius 3 is 2.78 bits per heavy atom. The minimum atomic E-state index is 0.230. The molecule has 0 aliphatic carbocycles. The highest BCUT2D eigenvalue weighted by molar-refractivity contribution is 4.82. The van der Waals surface area contributed by atoms with E-state index in [-0.39, 0.29) is 11.6 Å². The Balaban J connectivity index is 1.65. The van der Waals surface area contributed by atoms with Crippen LogP contribution in [0.2, 0.25) is 0 Å². The van der Waals surface area contributed by atoms with E-state index in [1.807, 2.05) is 0 Å². The van der Waals surface area contributed by atoms with Gasteiger partial charge in [0, 0.05) is 18.6 Å². The second-order valence-corrected chi connectivity index (χ2v) is 6.61. The fraction of sp³-hybridized carbons (Fsp3) is 1.00. The highest BCUT2D eigenvalue weighted by Gasteiger charge is 2.26. The number of ether oxygens (including phenoxy) is 2. The molecule has 2 unspecified atom stereocenters. The Hall–Kier alpha value is -0.160. The average molecular weight is 256 g/mol. The molecule has 4 nitrogen and oxygen atoms in total. The Kier molecular flexibility index (Phi) is 5.01. The molecule has 2 rings (SSSR count). The van der Waals surface area contributed by atoms with Crippen LogP contribution in [-0.4, -0.2) is 62.5 Å². The topological polar surface area (TPSA) is 33.7 Å². The van der Waals surface area contributed by atoms with Crippen molar-refractivity contribution in [2.75, 3.05) is 46.0 Å². The fourth-order valence-corrected chi connectivity index (χ4v) is 2.63. The minimum Gasteiger partial charge on any atom is -0.376 e. The van der Waals surface area contributed by atoms with Crippen LogP contribution in [-0.2, 0) is 9.47 Å². The quantitative estimate of drug-likeness (QED) is 0.817. The van der Waals surface area contributed by atoms with Crippen LogP contribution in [0.4, 0.5) is 0 Å². The summed E-state index contributed by atoms with van der Waals surface area (Å²) in [5.74, 6) is 0.786. The van der Waals surface area contributed by atoms with Gasteiger partial charge in [-0.25, -0.2) is 0 Å². The molecule has 2 aliphatic heterocycles. The summed E-state index contributed by atoms with van der Waals surface area (Å²) in [5, 5.41) is 3.61. The molecular formula is C14H28N2O2. The van der Waals surface area contributed by atoms with E-state index in [0.29, 0.717) is 0 Å². The van der Waals surface area contributed by atoms with Crippen LogP contribution in [0.3, 0.4) is 0 Å². The van der Waals surface area contributed by atoms with Crippen LogP contribution >= 0.6 is 0 Å². The van der Waals surface area contributed by atoms with Crippen molar-refractivity contribution in [1.29, 1.82) is 0 Å². The number of hydrogen-bond donors (Lipinski definition) is 1. The van der Waals surface area contributed by atoms with Crippen LogP contribution in [0.1, 0.15) is 27.2 Å². The van der Waals surface area contributed by atoms with Gasteiger partial charge in [-0.05, 0) is 46.2 Å². The Bertz CT molecular complexity index is 247. The smallest absolute Gasteiger partial charge is 0.0936 e. The van der Waals surface area contributed by atoms with Crippen molar-refractivity contribution in [2.24, 2.45) is 5.92 Å². The van der Waals surface area contributed by atoms with E-state index in [1.165, 1.54) is 19.5 Å². The number of rotatable bonds is 4. The van der Waals surface area contributed by atoms with Crippen molar-refractivity contribution in [3.05, 3.63) is 0 Å². The van der Waals surface area contributed by atoms with E-state index >= 15 is 0 Å². The van der Waals surface area contributed by atoms with E-state index in [4.69, 9.17) is 9.47 Å². The highest BCUT2D eigenvalue weighted by Crippen LogP contribution is 2.17. The summed E-state index contributed by atoms with van der Waals surface area (Å²) in [6.07, 6.45) is 1.59. The molecule has 1 N–H and O–H groups in total. The molecule has 4 heteroatoms. The van der Waals surface area contributed by atoms with Gasteiger partial charge in [-0.1, -0.05) is 0 Å². The summed E-state index contributed by atoms with van der Waals surface area (Å²) in [6.45, 7) is 13.5. The number of nitrogens with one attached hydrogen (secondary N) is 1. The molecule has 2 fully saturated rings. The van der Waals surface area contributed by atoms with E-state index < -0.39 is 0 Å². The van der Waals surface area contributed by atoms with Gasteiger partial charge >= 0.3 is 0 Å². The monoisotopic (exact) mass is 256 g/mol. The maximum Gasteiger partial charge on any atom is 0.0936 e. The lowest BCUT2D eigenvalue weighted by Crippen LogP contribution is -2.41. The zero-order valence-electron chi connectivity index (χ0n) is 12.1. The Morgan fingerprint density at radius 1 is 1.28 bits per heavy atom. The Labute approximate surface area is 111 Å². The first-order valence-electron chi connectivity index (χ1n) is 7.20. The van der Waals surface area contributed by atoms with Gasteiger partial charge in [-0.15, -0.1) is 0 Å². The van der Waals surface area contributed by atoms with E-state index in [2.05, 4.69) is 31.0 Å². The summed E-state index contributed by atoms with van der Waals surface area (Å²) < 4.78 is 11.2. The number of nitrogens with zero attached hydrogens (tertiary/aromatic N) is 1. The van der Waals surface area contributed by atoms with Gasteiger partial charge < -0.3 is 19.7 Å². The molecule has 0 bridgehead atoms. The van der Waals surface area contributed by atoms with Gasteiger partial charge in [0.05, 0.1) is 25.9 Å². The molecule has 0 aromatic carbocycles. The molecule has 0 radical (unpaired) electrons. The van der Waals surface area contributed by atoms with Gasteiger partial charge in [-0.2, -0.15) is 0 Å². The lowest BCUT2D eigenvalue weighted by Gasteiger charge is -2.27. The predicted molar refractivity (Wildman–Crippen MR) is 72.9 cm³/mol. The minimum absolute atomic E-state index is 0.230. The van der Waals surface area contributed by atoms with Gasteiger partial charge in [-0.3, -0.25) is 0 Å². The van der Waals surface area contributed by atoms with Crippen LogP contribution in [0.25, 0.3) is 0 Å². The second-order valence-electron chi connectivity index (χ2n) is 6.61. The number of likely N-dealkylation sites (tertiary alicyclic amines) is 1. The summed E-state index contributed by atoms with van der Waals surface area (Å²) in [4.78, 5) is 2.52. The highest BCUT2D eigenvalue weighted by atomic mass is 16.6. The van der Waals surface area contributed by atoms with Crippen LogP contribution in [0, 0.1) is 5.92 Å². The molecule has 0 aromatic heterocycles. The first kappa shape index (κ1) is 14.3. The molecule has 2 saturated heterocycles. The normalized spacial score (nSPS) is 30.8. The molecule has 0 amide bonds. The third-order valence-electron chi connectivity index (χ3n) is 3.64. The summed E-state index contributed by atoms with van der Waals surface area (Å²) in [5.41, 5.74) is 0.230. The molecule has 2 aliphatic rings. The lowest BCUT2D eigenvalue weighted by atomic mass is 10.1. The molecule has 0 aromatic rings. The first-order chi connectivity index (χ1) is 8.53. The summed E-state index contributed by atoms with van der Waals surface area (Å²) in [6, 6.07) is 0. The third-order valence-corrected chi connectivity index (χ3v) is 3.64. The molecule has 106 valence electrons. The lowest BCUT2D eigenvalue weighted by molar-refractivity contribution is -0.0961. The molecular weight excluding hydrogens is 228 g/mol. The van der Waals surface area contributed by atoms with E-state index in [0.717, 1.165) is 38.8 Å². The number of hydrogen-bond acceptors (Lipinski definition) is 4. The van der Waals surface area contributed by atoms with Gasteiger partial charge in [0.25, 0.3) is 0 Å². The van der Waals surface area contributed by atoms with Crippen molar-refractivity contribution in [3.63, 3.8) is 0 Å². The average Bonchev–Trinajstić information content (AvgIpc) is 2.75. The van der Waals surface area contributed by atoms with Crippen molar-refractivity contribution >= 4 is 0 Å². The van der Waals surface area contributed by atoms with Crippen molar-refractivity contribution < 1.29 is 9.47 Å². The van der Waals surface area contributed by atoms with E-state index in [9.17, 15) is 0 Å². The van der Waals surface area contributed by atoms with Crippen molar-refractivity contribution in [2.45, 2.75) is 38.8 Å². The van der Waals surface area contributed by atoms with Gasteiger partial charge in [0.1, 0.15) is 0 Å². The van der Waals surface area contributed by atoms with Crippen molar-refractivity contribution in [1.82, 2.24) is 10.2 Å². The first-order valence-corrected chi connectivity index (χ1v) is 7.20. The zero-order chi connectivity index (χ0) is 13.0. The maximum absolute atomic E-state index is 5.71. The molecule has 2 atom stereocenters. The van der Waals surface area contributed by atoms with Crippen LogP contribution in [0.5, 0.6) is 0 Å².